The molecule has 1 heterocycles. The minimum absolute atomic E-state index is 0.0578. The fraction of sp³-hybridized carbons (Fsp3) is 0.700. The first-order chi connectivity index (χ1) is 7.93. The highest BCUT2D eigenvalue weighted by molar-refractivity contribution is 7.89. The second-order valence-corrected chi connectivity index (χ2v) is 5.81. The van der Waals surface area contributed by atoms with Crippen molar-refractivity contribution in [3.63, 3.8) is 0 Å². The normalized spacial score (nSPS) is 12.2. The lowest BCUT2D eigenvalue weighted by Gasteiger charge is -2.19. The van der Waals surface area contributed by atoms with Crippen LogP contribution in [0.2, 0.25) is 0 Å². The van der Waals surface area contributed by atoms with E-state index in [1.54, 1.807) is 7.05 Å². The molecule has 98 valence electrons. The molecule has 1 rings (SSSR count). The molecule has 0 radical (unpaired) electrons. The third-order valence-corrected chi connectivity index (χ3v) is 4.54. The number of hydrogen-bond acceptors (Lipinski definition) is 4. The van der Waals surface area contributed by atoms with Gasteiger partial charge in [0.25, 0.3) is 0 Å². The highest BCUT2D eigenvalue weighted by Crippen LogP contribution is 2.20. The van der Waals surface area contributed by atoms with E-state index in [-0.39, 0.29) is 10.7 Å². The van der Waals surface area contributed by atoms with Gasteiger partial charge in [-0.15, -0.1) is 0 Å². The second kappa shape index (κ2) is 5.50. The van der Waals surface area contributed by atoms with Crippen LogP contribution in [-0.4, -0.2) is 35.6 Å². The van der Waals surface area contributed by atoms with Crippen molar-refractivity contribution >= 4 is 15.8 Å². The molecule has 1 aromatic rings. The summed E-state index contributed by atoms with van der Waals surface area (Å²) >= 11 is 0. The van der Waals surface area contributed by atoms with Crippen molar-refractivity contribution in [1.82, 2.24) is 14.1 Å². The van der Waals surface area contributed by atoms with E-state index in [0.29, 0.717) is 13.1 Å². The average molecular weight is 260 g/mol. The summed E-state index contributed by atoms with van der Waals surface area (Å²) in [5.74, 6) is 0.0578. The molecule has 0 saturated carbocycles. The zero-order valence-electron chi connectivity index (χ0n) is 10.5. The van der Waals surface area contributed by atoms with Crippen LogP contribution in [0.4, 0.5) is 5.82 Å². The lowest BCUT2D eigenvalue weighted by atomic mass is 10.3. The summed E-state index contributed by atoms with van der Waals surface area (Å²) in [5.41, 5.74) is 5.61. The van der Waals surface area contributed by atoms with E-state index in [2.05, 4.69) is 5.10 Å². The van der Waals surface area contributed by atoms with E-state index in [4.69, 9.17) is 5.73 Å². The maximum Gasteiger partial charge on any atom is 0.248 e. The van der Waals surface area contributed by atoms with Gasteiger partial charge in [0.05, 0.1) is 0 Å². The number of nitrogens with zero attached hydrogens (tertiary/aromatic N) is 3. The Bertz CT molecular complexity index is 467. The molecule has 0 spiro atoms. The Morgan fingerprint density at radius 1 is 1.47 bits per heavy atom. The quantitative estimate of drug-likeness (QED) is 0.820. The molecular formula is C10H20N4O2S. The van der Waals surface area contributed by atoms with Crippen molar-refractivity contribution in [2.75, 3.05) is 18.8 Å². The van der Waals surface area contributed by atoms with Crippen LogP contribution in [0.5, 0.6) is 0 Å². The van der Waals surface area contributed by atoms with Gasteiger partial charge in [-0.05, 0) is 6.42 Å². The average Bonchev–Trinajstić information content (AvgIpc) is 2.59. The number of anilines is 1. The Labute approximate surface area is 102 Å². The van der Waals surface area contributed by atoms with Crippen molar-refractivity contribution in [1.29, 1.82) is 0 Å². The highest BCUT2D eigenvalue weighted by atomic mass is 32.2. The molecule has 0 aromatic carbocycles. The van der Waals surface area contributed by atoms with Gasteiger partial charge in [-0.3, -0.25) is 4.68 Å². The van der Waals surface area contributed by atoms with Crippen LogP contribution in [0.25, 0.3) is 0 Å². The van der Waals surface area contributed by atoms with Gasteiger partial charge in [0.15, 0.2) is 5.82 Å². The lowest BCUT2D eigenvalue weighted by Crippen LogP contribution is -2.32. The standard InChI is InChI=1S/C10H20N4O2S/c1-4-6-7-14(5-2)17(15,16)9-8-13(3)12-10(9)11/h8H,4-7H2,1-3H3,(H2,11,12). The number of hydrogen-bond donors (Lipinski definition) is 1. The largest absolute Gasteiger partial charge is 0.381 e. The first-order valence-corrected chi connectivity index (χ1v) is 7.16. The second-order valence-electron chi connectivity index (χ2n) is 3.90. The van der Waals surface area contributed by atoms with Crippen molar-refractivity contribution < 1.29 is 8.42 Å². The van der Waals surface area contributed by atoms with E-state index in [1.807, 2.05) is 13.8 Å². The number of rotatable bonds is 6. The molecule has 6 nitrogen and oxygen atoms in total. The number of sulfonamides is 1. The number of aryl methyl sites for hydroxylation is 1. The van der Waals surface area contributed by atoms with Crippen molar-refractivity contribution in [2.45, 2.75) is 31.6 Å². The molecule has 0 atom stereocenters. The lowest BCUT2D eigenvalue weighted by molar-refractivity contribution is 0.419. The molecule has 0 aliphatic carbocycles. The van der Waals surface area contributed by atoms with E-state index in [0.717, 1.165) is 12.8 Å². The Morgan fingerprint density at radius 3 is 2.53 bits per heavy atom. The van der Waals surface area contributed by atoms with Crippen LogP contribution in [0.1, 0.15) is 26.7 Å². The topological polar surface area (TPSA) is 81.2 Å². The fourth-order valence-corrected chi connectivity index (χ4v) is 3.18. The summed E-state index contributed by atoms with van der Waals surface area (Å²) in [5, 5.41) is 3.86. The van der Waals surface area contributed by atoms with E-state index < -0.39 is 10.0 Å². The van der Waals surface area contributed by atoms with Crippen LogP contribution in [-0.2, 0) is 17.1 Å². The first-order valence-electron chi connectivity index (χ1n) is 5.72. The Hall–Kier alpha value is -1.08. The fourth-order valence-electron chi connectivity index (χ4n) is 1.60. The number of unbranched alkanes of at least 4 members (excludes halogenated alkanes) is 1. The molecule has 0 aliphatic heterocycles. The maximum absolute atomic E-state index is 12.3. The zero-order chi connectivity index (χ0) is 13.1. The SMILES string of the molecule is CCCCN(CC)S(=O)(=O)c1cn(C)nc1N. The van der Waals surface area contributed by atoms with Crippen LogP contribution in [0, 0.1) is 0 Å². The minimum atomic E-state index is -3.51. The third kappa shape index (κ3) is 2.98. The Balaban J connectivity index is 3.04. The summed E-state index contributed by atoms with van der Waals surface area (Å²) < 4.78 is 27.4. The van der Waals surface area contributed by atoms with Crippen LogP contribution >= 0.6 is 0 Å². The molecule has 17 heavy (non-hydrogen) atoms. The summed E-state index contributed by atoms with van der Waals surface area (Å²) in [6.45, 7) is 4.80. The van der Waals surface area contributed by atoms with E-state index >= 15 is 0 Å². The van der Waals surface area contributed by atoms with Crippen LogP contribution < -0.4 is 5.73 Å². The van der Waals surface area contributed by atoms with Gasteiger partial charge in [0, 0.05) is 26.3 Å². The predicted octanol–water partition coefficient (Wildman–Crippen LogP) is 0.813. The van der Waals surface area contributed by atoms with Gasteiger partial charge in [-0.25, -0.2) is 8.42 Å². The molecule has 0 amide bonds. The van der Waals surface area contributed by atoms with E-state index in [9.17, 15) is 8.42 Å². The van der Waals surface area contributed by atoms with Crippen molar-refractivity contribution in [2.24, 2.45) is 7.05 Å². The van der Waals surface area contributed by atoms with Crippen molar-refractivity contribution in [3.05, 3.63) is 6.20 Å². The summed E-state index contributed by atoms with van der Waals surface area (Å²) in [6, 6.07) is 0. The smallest absolute Gasteiger partial charge is 0.248 e. The van der Waals surface area contributed by atoms with Crippen LogP contribution in [0.15, 0.2) is 11.1 Å². The van der Waals surface area contributed by atoms with Gasteiger partial charge >= 0.3 is 0 Å². The highest BCUT2D eigenvalue weighted by Gasteiger charge is 2.26. The number of aromatic nitrogens is 2. The molecular weight excluding hydrogens is 240 g/mol. The van der Waals surface area contributed by atoms with Gasteiger partial charge in [-0.1, -0.05) is 20.3 Å². The molecule has 7 heteroatoms. The molecule has 0 bridgehead atoms. The molecule has 0 saturated heterocycles. The number of nitrogens with two attached hydrogens (primary N) is 1. The number of nitrogen functional groups attached to an aromatic ring is 1. The molecule has 0 unspecified atom stereocenters. The monoisotopic (exact) mass is 260 g/mol. The van der Waals surface area contributed by atoms with E-state index in [1.165, 1.54) is 15.2 Å². The van der Waals surface area contributed by atoms with Gasteiger partial charge < -0.3 is 5.73 Å². The summed E-state index contributed by atoms with van der Waals surface area (Å²) in [6.07, 6.45) is 3.24. The van der Waals surface area contributed by atoms with Gasteiger partial charge in [0.2, 0.25) is 10.0 Å². The van der Waals surface area contributed by atoms with Crippen molar-refractivity contribution in [3.8, 4) is 0 Å². The molecule has 0 fully saturated rings. The minimum Gasteiger partial charge on any atom is -0.381 e. The molecule has 2 N–H and O–H groups in total. The Kier molecular flexibility index (Phi) is 4.53. The Morgan fingerprint density at radius 2 is 2.12 bits per heavy atom. The first kappa shape index (κ1) is 14.0. The third-order valence-electron chi connectivity index (χ3n) is 2.55. The summed E-state index contributed by atoms with van der Waals surface area (Å²) in [7, 11) is -1.86. The predicted molar refractivity (Wildman–Crippen MR) is 67.0 cm³/mol. The van der Waals surface area contributed by atoms with Gasteiger partial charge in [-0.2, -0.15) is 9.40 Å². The summed E-state index contributed by atoms with van der Waals surface area (Å²) in [4.78, 5) is 0.0953. The van der Waals surface area contributed by atoms with Gasteiger partial charge in [0.1, 0.15) is 4.90 Å². The maximum atomic E-state index is 12.3. The molecule has 0 aliphatic rings. The zero-order valence-corrected chi connectivity index (χ0v) is 11.4. The molecule has 1 aromatic heterocycles. The van der Waals surface area contributed by atoms with Crippen LogP contribution in [0.3, 0.4) is 0 Å².